The highest BCUT2D eigenvalue weighted by molar-refractivity contribution is 7.07. The number of carbonyl (C=O) groups excluding carboxylic acids is 1. The summed E-state index contributed by atoms with van der Waals surface area (Å²) in [6.07, 6.45) is 0. The van der Waals surface area contributed by atoms with Gasteiger partial charge in [0.2, 0.25) is 0 Å². The molecule has 0 aromatic carbocycles. The monoisotopic (exact) mass is 312 g/mol. The van der Waals surface area contributed by atoms with E-state index >= 15 is 0 Å². The molecule has 6 nitrogen and oxygen atoms in total. The third-order valence-corrected chi connectivity index (χ3v) is 3.34. The molecule has 0 fully saturated rings. The fourth-order valence-electron chi connectivity index (χ4n) is 1.58. The van der Waals surface area contributed by atoms with Crippen molar-refractivity contribution in [1.82, 2.24) is 15.3 Å². The average Bonchev–Trinajstić information content (AvgIpc) is 2.81. The maximum Gasteiger partial charge on any atom is 0.304 e. The summed E-state index contributed by atoms with van der Waals surface area (Å²) < 4.78 is 0. The molecular weight excluding hydrogens is 300 g/mol. The number of rotatable bonds is 5. The van der Waals surface area contributed by atoms with Crippen molar-refractivity contribution in [3.8, 4) is 0 Å². The van der Waals surface area contributed by atoms with Gasteiger partial charge >= 0.3 is 4.87 Å². The molecule has 0 unspecified atom stereocenters. The van der Waals surface area contributed by atoms with Crippen molar-refractivity contribution in [2.75, 3.05) is 11.9 Å². The van der Waals surface area contributed by atoms with Crippen molar-refractivity contribution in [2.45, 2.75) is 13.5 Å². The van der Waals surface area contributed by atoms with Crippen LogP contribution in [0.1, 0.15) is 23.0 Å². The highest BCUT2D eigenvalue weighted by atomic mass is 35.5. The number of hydrogen-bond acceptors (Lipinski definition) is 5. The molecule has 2 heterocycles. The molecular formula is C12H13ClN4O2S. The predicted molar refractivity (Wildman–Crippen MR) is 79.5 cm³/mol. The largest absolute Gasteiger partial charge is 0.370 e. The number of pyridine rings is 1. The van der Waals surface area contributed by atoms with Crippen LogP contribution in [0.2, 0.25) is 5.15 Å². The zero-order valence-corrected chi connectivity index (χ0v) is 12.3. The molecule has 0 spiro atoms. The Kier molecular flexibility index (Phi) is 4.75. The number of amides is 1. The van der Waals surface area contributed by atoms with Crippen LogP contribution in [0.25, 0.3) is 0 Å². The van der Waals surface area contributed by atoms with Crippen molar-refractivity contribution in [2.24, 2.45) is 0 Å². The molecule has 1 amide bonds. The molecule has 8 heteroatoms. The van der Waals surface area contributed by atoms with Crippen LogP contribution in [0.3, 0.4) is 0 Å². The predicted octanol–water partition coefficient (Wildman–Crippen LogP) is 1.85. The van der Waals surface area contributed by atoms with Gasteiger partial charge in [0.1, 0.15) is 11.0 Å². The zero-order chi connectivity index (χ0) is 14.5. The molecule has 2 rings (SSSR count). The molecule has 0 aliphatic heterocycles. The van der Waals surface area contributed by atoms with Gasteiger partial charge in [0.25, 0.3) is 5.91 Å². The van der Waals surface area contributed by atoms with Gasteiger partial charge < -0.3 is 15.6 Å². The van der Waals surface area contributed by atoms with Crippen molar-refractivity contribution >= 4 is 34.7 Å². The maximum atomic E-state index is 12.0. The Hall–Kier alpha value is -1.86. The van der Waals surface area contributed by atoms with Gasteiger partial charge in [-0.25, -0.2) is 4.98 Å². The van der Waals surface area contributed by atoms with Crippen LogP contribution in [0.5, 0.6) is 0 Å². The molecule has 0 radical (unpaired) electrons. The van der Waals surface area contributed by atoms with E-state index in [-0.39, 0.29) is 22.5 Å². The Morgan fingerprint density at radius 3 is 2.95 bits per heavy atom. The van der Waals surface area contributed by atoms with E-state index in [0.717, 1.165) is 11.3 Å². The molecule has 0 aliphatic carbocycles. The first-order chi connectivity index (χ1) is 9.58. The van der Waals surface area contributed by atoms with Crippen LogP contribution >= 0.6 is 22.9 Å². The van der Waals surface area contributed by atoms with E-state index in [1.165, 1.54) is 6.07 Å². The number of nitrogens with one attached hydrogen (secondary N) is 3. The van der Waals surface area contributed by atoms with Gasteiger partial charge in [-0.1, -0.05) is 22.9 Å². The van der Waals surface area contributed by atoms with Gasteiger partial charge in [-0.2, -0.15) is 0 Å². The van der Waals surface area contributed by atoms with Crippen LogP contribution in [0.4, 0.5) is 5.82 Å². The number of aromatic nitrogens is 2. The lowest BCUT2D eigenvalue weighted by atomic mass is 10.2. The summed E-state index contributed by atoms with van der Waals surface area (Å²) in [5.74, 6) is 0.273. The first-order valence-corrected chi connectivity index (χ1v) is 7.20. The summed E-state index contributed by atoms with van der Waals surface area (Å²) in [7, 11) is 0. The Morgan fingerprint density at radius 1 is 1.50 bits per heavy atom. The zero-order valence-electron chi connectivity index (χ0n) is 10.7. The standard InChI is InChI=1S/C12H13ClN4O2S/c1-2-14-10-4-7(3-9(13)17-10)11(18)15-5-8-6-20-12(19)16-8/h3-4,6H,2,5H2,1H3,(H,14,17)(H,15,18)(H,16,19). The topological polar surface area (TPSA) is 86.9 Å². The lowest BCUT2D eigenvalue weighted by molar-refractivity contribution is 0.0950. The highest BCUT2D eigenvalue weighted by Crippen LogP contribution is 2.14. The third kappa shape index (κ3) is 3.82. The van der Waals surface area contributed by atoms with Crippen LogP contribution in [-0.4, -0.2) is 22.4 Å². The van der Waals surface area contributed by atoms with E-state index in [1.807, 2.05) is 6.92 Å². The molecule has 20 heavy (non-hydrogen) atoms. The van der Waals surface area contributed by atoms with Crippen molar-refractivity contribution < 1.29 is 4.79 Å². The summed E-state index contributed by atoms with van der Waals surface area (Å²) in [6, 6.07) is 3.12. The summed E-state index contributed by atoms with van der Waals surface area (Å²) in [4.78, 5) is 29.5. The fourth-order valence-corrected chi connectivity index (χ4v) is 2.37. The van der Waals surface area contributed by atoms with Crippen LogP contribution < -0.4 is 15.5 Å². The second-order valence-electron chi connectivity index (χ2n) is 3.95. The van der Waals surface area contributed by atoms with Crippen LogP contribution in [0.15, 0.2) is 22.3 Å². The summed E-state index contributed by atoms with van der Waals surface area (Å²) in [6.45, 7) is 2.87. The van der Waals surface area contributed by atoms with E-state index in [4.69, 9.17) is 11.6 Å². The van der Waals surface area contributed by atoms with Gasteiger partial charge in [-0.05, 0) is 19.1 Å². The van der Waals surface area contributed by atoms with Crippen molar-refractivity contribution in [3.05, 3.63) is 43.6 Å². The van der Waals surface area contributed by atoms with Gasteiger partial charge in [0.05, 0.1) is 6.54 Å². The van der Waals surface area contributed by atoms with Gasteiger partial charge in [0.15, 0.2) is 0 Å². The summed E-state index contributed by atoms with van der Waals surface area (Å²) in [5.41, 5.74) is 1.08. The smallest absolute Gasteiger partial charge is 0.304 e. The van der Waals surface area contributed by atoms with Gasteiger partial charge in [-0.15, -0.1) is 0 Å². The molecule has 0 saturated carbocycles. The molecule has 2 aromatic rings. The van der Waals surface area contributed by atoms with E-state index in [1.54, 1.807) is 11.4 Å². The SMILES string of the molecule is CCNc1cc(C(=O)NCc2csc(=O)[nH]2)cc(Cl)n1. The molecule has 2 aromatic heterocycles. The number of H-pyrrole nitrogens is 1. The number of hydrogen-bond donors (Lipinski definition) is 3. The van der Waals surface area contributed by atoms with E-state index in [2.05, 4.69) is 20.6 Å². The number of halogens is 1. The number of anilines is 1. The number of carbonyl (C=O) groups is 1. The minimum Gasteiger partial charge on any atom is -0.370 e. The Balaban J connectivity index is 2.06. The first kappa shape index (κ1) is 14.5. The maximum absolute atomic E-state index is 12.0. The third-order valence-electron chi connectivity index (χ3n) is 2.42. The lowest BCUT2D eigenvalue weighted by Gasteiger charge is -2.07. The Labute approximate surface area is 124 Å². The fraction of sp³-hybridized carbons (Fsp3) is 0.250. The normalized spacial score (nSPS) is 10.3. The second-order valence-corrected chi connectivity index (χ2v) is 5.18. The van der Waals surface area contributed by atoms with E-state index in [0.29, 0.717) is 23.6 Å². The quantitative estimate of drug-likeness (QED) is 0.735. The van der Waals surface area contributed by atoms with E-state index in [9.17, 15) is 9.59 Å². The molecule has 106 valence electrons. The molecule has 0 aliphatic rings. The molecule has 0 bridgehead atoms. The summed E-state index contributed by atoms with van der Waals surface area (Å²) >= 11 is 6.93. The Bertz CT molecular complexity index is 667. The van der Waals surface area contributed by atoms with Crippen molar-refractivity contribution in [1.29, 1.82) is 0 Å². The second kappa shape index (κ2) is 6.53. The highest BCUT2D eigenvalue weighted by Gasteiger charge is 2.09. The molecule has 0 atom stereocenters. The molecule has 0 saturated heterocycles. The van der Waals surface area contributed by atoms with Gasteiger partial charge in [0, 0.05) is 23.2 Å². The minimum absolute atomic E-state index is 0.143. The number of thiazole rings is 1. The van der Waals surface area contributed by atoms with E-state index < -0.39 is 0 Å². The Morgan fingerprint density at radius 2 is 2.30 bits per heavy atom. The van der Waals surface area contributed by atoms with Crippen LogP contribution in [0, 0.1) is 0 Å². The summed E-state index contributed by atoms with van der Waals surface area (Å²) in [5, 5.41) is 7.63. The van der Waals surface area contributed by atoms with Gasteiger partial charge in [-0.3, -0.25) is 9.59 Å². The lowest BCUT2D eigenvalue weighted by Crippen LogP contribution is -2.23. The van der Waals surface area contributed by atoms with Crippen molar-refractivity contribution in [3.63, 3.8) is 0 Å². The first-order valence-electron chi connectivity index (χ1n) is 5.95. The van der Waals surface area contributed by atoms with Crippen LogP contribution in [-0.2, 0) is 6.54 Å². The molecule has 3 N–H and O–H groups in total. The number of nitrogens with zero attached hydrogens (tertiary/aromatic N) is 1. The minimum atomic E-state index is -0.277. The average molecular weight is 313 g/mol. The number of aromatic amines is 1.